The first-order valence-electron chi connectivity index (χ1n) is 6.69. The van der Waals surface area contributed by atoms with Gasteiger partial charge in [0.1, 0.15) is 0 Å². The van der Waals surface area contributed by atoms with E-state index in [1.54, 1.807) is 0 Å². The quantitative estimate of drug-likeness (QED) is 0.715. The van der Waals surface area contributed by atoms with Gasteiger partial charge in [-0.25, -0.2) is 0 Å². The van der Waals surface area contributed by atoms with E-state index < -0.39 is 0 Å². The van der Waals surface area contributed by atoms with E-state index in [1.165, 1.54) is 38.6 Å². The molecule has 2 heteroatoms. The molecule has 2 saturated heterocycles. The number of rotatable bonds is 1. The second kappa shape index (κ2) is 4.84. The van der Waals surface area contributed by atoms with E-state index in [4.69, 9.17) is 0 Å². The van der Waals surface area contributed by atoms with E-state index in [0.717, 1.165) is 18.1 Å². The van der Waals surface area contributed by atoms with Gasteiger partial charge in [0.25, 0.3) is 0 Å². The Kier molecular flexibility index (Phi) is 3.68. The SMILES string of the molecule is CC1CC(N2C(C)CCCC2C)CCN1. The summed E-state index contributed by atoms with van der Waals surface area (Å²) in [6.07, 6.45) is 6.93. The predicted molar refractivity (Wildman–Crippen MR) is 65.1 cm³/mol. The Morgan fingerprint density at radius 2 is 1.67 bits per heavy atom. The molecule has 2 fully saturated rings. The molecule has 0 bridgehead atoms. The fourth-order valence-electron chi connectivity index (χ4n) is 3.54. The van der Waals surface area contributed by atoms with Crippen LogP contribution in [0.5, 0.6) is 0 Å². The second-order valence-electron chi connectivity index (χ2n) is 5.61. The van der Waals surface area contributed by atoms with Gasteiger partial charge in [-0.1, -0.05) is 6.42 Å². The summed E-state index contributed by atoms with van der Waals surface area (Å²) in [6, 6.07) is 3.17. The van der Waals surface area contributed by atoms with Gasteiger partial charge in [0, 0.05) is 24.2 Å². The Balaban J connectivity index is 1.99. The van der Waals surface area contributed by atoms with Gasteiger partial charge < -0.3 is 5.32 Å². The van der Waals surface area contributed by atoms with Crippen molar-refractivity contribution in [1.29, 1.82) is 0 Å². The van der Waals surface area contributed by atoms with Gasteiger partial charge in [0.2, 0.25) is 0 Å². The van der Waals surface area contributed by atoms with Crippen LogP contribution >= 0.6 is 0 Å². The number of hydrogen-bond acceptors (Lipinski definition) is 2. The molecule has 0 saturated carbocycles. The van der Waals surface area contributed by atoms with Crippen molar-refractivity contribution in [3.8, 4) is 0 Å². The maximum absolute atomic E-state index is 3.55. The zero-order valence-corrected chi connectivity index (χ0v) is 10.5. The van der Waals surface area contributed by atoms with Crippen LogP contribution in [0.2, 0.25) is 0 Å². The standard InChI is InChI=1S/C13H26N2/c1-10-9-13(7-8-14-10)15-11(2)5-4-6-12(15)3/h10-14H,4-9H2,1-3H3. The van der Waals surface area contributed by atoms with Gasteiger partial charge in [-0.3, -0.25) is 4.90 Å². The Hall–Kier alpha value is -0.0800. The van der Waals surface area contributed by atoms with Gasteiger partial charge in [-0.2, -0.15) is 0 Å². The number of hydrogen-bond donors (Lipinski definition) is 1. The van der Waals surface area contributed by atoms with E-state index in [1.807, 2.05) is 0 Å². The summed E-state index contributed by atoms with van der Waals surface area (Å²) in [4.78, 5) is 2.81. The van der Waals surface area contributed by atoms with Crippen molar-refractivity contribution in [2.75, 3.05) is 6.54 Å². The zero-order valence-electron chi connectivity index (χ0n) is 10.5. The Morgan fingerprint density at radius 3 is 2.27 bits per heavy atom. The average Bonchev–Trinajstić information content (AvgIpc) is 2.17. The van der Waals surface area contributed by atoms with Crippen LogP contribution in [0.25, 0.3) is 0 Å². The van der Waals surface area contributed by atoms with Gasteiger partial charge in [0.15, 0.2) is 0 Å². The van der Waals surface area contributed by atoms with Crippen LogP contribution in [0.15, 0.2) is 0 Å². The normalized spacial score (nSPS) is 44.2. The third kappa shape index (κ3) is 2.54. The Labute approximate surface area is 94.4 Å². The summed E-state index contributed by atoms with van der Waals surface area (Å²) >= 11 is 0. The third-order valence-electron chi connectivity index (χ3n) is 4.28. The van der Waals surface area contributed by atoms with Crippen LogP contribution in [-0.2, 0) is 0 Å². The molecule has 0 spiro atoms. The molecule has 1 N–H and O–H groups in total. The minimum absolute atomic E-state index is 0.713. The lowest BCUT2D eigenvalue weighted by atomic mass is 9.90. The summed E-state index contributed by atoms with van der Waals surface area (Å²) in [5.74, 6) is 0. The lowest BCUT2D eigenvalue weighted by Crippen LogP contribution is -2.54. The molecule has 4 unspecified atom stereocenters. The first-order chi connectivity index (χ1) is 7.18. The Bertz CT molecular complexity index is 195. The van der Waals surface area contributed by atoms with Gasteiger partial charge in [-0.05, 0) is 53.0 Å². The molecule has 0 amide bonds. The summed E-state index contributed by atoms with van der Waals surface area (Å²) in [5, 5.41) is 3.55. The molecular weight excluding hydrogens is 184 g/mol. The summed E-state index contributed by atoms with van der Waals surface area (Å²) in [7, 11) is 0. The van der Waals surface area contributed by atoms with Crippen molar-refractivity contribution < 1.29 is 0 Å². The average molecular weight is 210 g/mol. The summed E-state index contributed by atoms with van der Waals surface area (Å²) < 4.78 is 0. The molecular formula is C13H26N2. The number of nitrogens with one attached hydrogen (secondary N) is 1. The van der Waals surface area contributed by atoms with E-state index in [2.05, 4.69) is 31.0 Å². The summed E-state index contributed by atoms with van der Waals surface area (Å²) in [6.45, 7) is 8.37. The predicted octanol–water partition coefficient (Wildman–Crippen LogP) is 2.39. The fourth-order valence-corrected chi connectivity index (χ4v) is 3.54. The monoisotopic (exact) mass is 210 g/mol. The van der Waals surface area contributed by atoms with Crippen LogP contribution in [0.4, 0.5) is 0 Å². The molecule has 2 rings (SSSR count). The van der Waals surface area contributed by atoms with Crippen molar-refractivity contribution in [3.05, 3.63) is 0 Å². The smallest absolute Gasteiger partial charge is 0.0128 e. The zero-order chi connectivity index (χ0) is 10.8. The van der Waals surface area contributed by atoms with Crippen LogP contribution in [0.1, 0.15) is 52.9 Å². The maximum atomic E-state index is 3.55. The van der Waals surface area contributed by atoms with E-state index in [0.29, 0.717) is 6.04 Å². The molecule has 0 aliphatic carbocycles. The highest BCUT2D eigenvalue weighted by Crippen LogP contribution is 2.28. The van der Waals surface area contributed by atoms with Crippen molar-refractivity contribution in [3.63, 3.8) is 0 Å². The van der Waals surface area contributed by atoms with Crippen LogP contribution in [0, 0.1) is 0 Å². The van der Waals surface area contributed by atoms with Crippen molar-refractivity contribution in [2.24, 2.45) is 0 Å². The van der Waals surface area contributed by atoms with Crippen molar-refractivity contribution in [2.45, 2.75) is 77.0 Å². The van der Waals surface area contributed by atoms with Gasteiger partial charge in [-0.15, -0.1) is 0 Å². The van der Waals surface area contributed by atoms with Crippen molar-refractivity contribution in [1.82, 2.24) is 10.2 Å². The lowest BCUT2D eigenvalue weighted by molar-refractivity contribution is 0.0341. The Morgan fingerprint density at radius 1 is 1.00 bits per heavy atom. The summed E-state index contributed by atoms with van der Waals surface area (Å²) in [5.41, 5.74) is 0. The van der Waals surface area contributed by atoms with E-state index in [9.17, 15) is 0 Å². The molecule has 0 aromatic heterocycles. The molecule has 88 valence electrons. The topological polar surface area (TPSA) is 15.3 Å². The molecule has 15 heavy (non-hydrogen) atoms. The van der Waals surface area contributed by atoms with Crippen LogP contribution in [-0.4, -0.2) is 35.6 Å². The molecule has 0 aromatic carbocycles. The first kappa shape index (κ1) is 11.4. The lowest BCUT2D eigenvalue weighted by Gasteiger charge is -2.46. The highest BCUT2D eigenvalue weighted by Gasteiger charge is 2.32. The third-order valence-corrected chi connectivity index (χ3v) is 4.28. The molecule has 0 radical (unpaired) electrons. The van der Waals surface area contributed by atoms with Crippen LogP contribution in [0.3, 0.4) is 0 Å². The van der Waals surface area contributed by atoms with Gasteiger partial charge >= 0.3 is 0 Å². The fraction of sp³-hybridized carbons (Fsp3) is 1.00. The molecule has 4 atom stereocenters. The molecule has 0 aromatic rings. The molecule has 2 aliphatic heterocycles. The van der Waals surface area contributed by atoms with E-state index in [-0.39, 0.29) is 0 Å². The van der Waals surface area contributed by atoms with Gasteiger partial charge in [0.05, 0.1) is 0 Å². The first-order valence-corrected chi connectivity index (χ1v) is 6.69. The number of nitrogens with zero attached hydrogens (tertiary/aromatic N) is 1. The van der Waals surface area contributed by atoms with Crippen LogP contribution < -0.4 is 5.32 Å². The second-order valence-corrected chi connectivity index (χ2v) is 5.61. The number of likely N-dealkylation sites (tertiary alicyclic amines) is 1. The minimum atomic E-state index is 0.713. The van der Waals surface area contributed by atoms with E-state index >= 15 is 0 Å². The van der Waals surface area contributed by atoms with Crippen molar-refractivity contribution >= 4 is 0 Å². The molecule has 2 aliphatic rings. The molecule has 2 heterocycles. The highest BCUT2D eigenvalue weighted by atomic mass is 15.2. The largest absolute Gasteiger partial charge is 0.314 e. The highest BCUT2D eigenvalue weighted by molar-refractivity contribution is 4.89. The number of piperidine rings is 2. The maximum Gasteiger partial charge on any atom is 0.0128 e. The minimum Gasteiger partial charge on any atom is -0.314 e. The molecule has 2 nitrogen and oxygen atoms in total.